The molecule has 1 atom stereocenters. The lowest BCUT2D eigenvalue weighted by atomic mass is 10.1. The lowest BCUT2D eigenvalue weighted by Crippen LogP contribution is -2.34. The zero-order valence-electron chi connectivity index (χ0n) is 12.6. The minimum Gasteiger partial charge on any atom is -0.478 e. The fourth-order valence-electron chi connectivity index (χ4n) is 1.85. The van der Waals surface area contributed by atoms with Gasteiger partial charge in [0.15, 0.2) is 0 Å². The summed E-state index contributed by atoms with van der Waals surface area (Å²) in [6.07, 6.45) is 2.56. The minimum absolute atomic E-state index is 0.0981. The molecule has 1 rings (SSSR count). The molecule has 0 heterocycles. The van der Waals surface area contributed by atoms with Gasteiger partial charge in [0, 0.05) is 23.4 Å². The van der Waals surface area contributed by atoms with E-state index >= 15 is 0 Å². The average Bonchev–Trinajstić information content (AvgIpc) is 2.42. The van der Waals surface area contributed by atoms with Gasteiger partial charge < -0.3 is 10.4 Å². The molecule has 0 spiro atoms. The maximum atomic E-state index is 12.2. The van der Waals surface area contributed by atoms with Crippen LogP contribution in [0.3, 0.4) is 0 Å². The van der Waals surface area contributed by atoms with Crippen molar-refractivity contribution in [2.45, 2.75) is 26.8 Å². The van der Waals surface area contributed by atoms with Crippen molar-refractivity contribution in [1.29, 1.82) is 0 Å². The molecule has 0 saturated heterocycles. The Labute approximate surface area is 129 Å². The van der Waals surface area contributed by atoms with Gasteiger partial charge in [-0.15, -0.1) is 0 Å². The van der Waals surface area contributed by atoms with E-state index in [1.54, 1.807) is 23.9 Å². The highest BCUT2D eigenvalue weighted by Gasteiger charge is 2.10. The monoisotopic (exact) mass is 307 g/mol. The van der Waals surface area contributed by atoms with Crippen molar-refractivity contribution in [3.8, 4) is 0 Å². The van der Waals surface area contributed by atoms with Crippen LogP contribution in [0.4, 0.5) is 0 Å². The number of aliphatic carboxylic acids is 1. The molecule has 1 amide bonds. The molecule has 1 aromatic rings. The van der Waals surface area contributed by atoms with E-state index in [1.807, 2.05) is 19.9 Å². The summed E-state index contributed by atoms with van der Waals surface area (Å²) < 4.78 is 0. The van der Waals surface area contributed by atoms with E-state index in [4.69, 9.17) is 5.11 Å². The number of carbonyl (C=O) groups is 2. The standard InChI is InChI=1S/C16H21NO3S/c1-4-21-10-12(3)17-16(20)14-8-11(2)7-13(9-14)5-6-15(18)19/h5-9,12H,4,10H2,1-3H3,(H,17,20)(H,18,19)/b6-5+. The molecule has 114 valence electrons. The number of hydrogen-bond acceptors (Lipinski definition) is 3. The summed E-state index contributed by atoms with van der Waals surface area (Å²) in [5.41, 5.74) is 2.18. The molecule has 0 saturated carbocycles. The van der Waals surface area contributed by atoms with Gasteiger partial charge in [-0.2, -0.15) is 11.8 Å². The van der Waals surface area contributed by atoms with E-state index in [1.165, 1.54) is 6.08 Å². The second-order valence-corrected chi connectivity index (χ2v) is 6.16. The quantitative estimate of drug-likeness (QED) is 0.760. The van der Waals surface area contributed by atoms with Crippen LogP contribution in [0.2, 0.25) is 0 Å². The minimum atomic E-state index is -1.01. The maximum absolute atomic E-state index is 12.2. The van der Waals surface area contributed by atoms with Crippen LogP contribution in [0.1, 0.15) is 35.3 Å². The van der Waals surface area contributed by atoms with Crippen LogP contribution in [-0.4, -0.2) is 34.5 Å². The number of amides is 1. The zero-order chi connectivity index (χ0) is 15.8. The molecule has 0 aliphatic carbocycles. The Hall–Kier alpha value is -1.75. The second-order valence-electron chi connectivity index (χ2n) is 4.84. The summed E-state index contributed by atoms with van der Waals surface area (Å²) >= 11 is 1.78. The van der Waals surface area contributed by atoms with E-state index in [0.717, 1.165) is 23.1 Å². The van der Waals surface area contributed by atoms with Gasteiger partial charge in [-0.3, -0.25) is 4.79 Å². The molecule has 0 radical (unpaired) electrons. The first-order valence-corrected chi connectivity index (χ1v) is 7.99. The van der Waals surface area contributed by atoms with Crippen molar-refractivity contribution in [3.63, 3.8) is 0 Å². The summed E-state index contributed by atoms with van der Waals surface area (Å²) in [7, 11) is 0. The van der Waals surface area contributed by atoms with E-state index in [-0.39, 0.29) is 11.9 Å². The van der Waals surface area contributed by atoms with Crippen LogP contribution in [-0.2, 0) is 4.79 Å². The molecule has 0 aromatic heterocycles. The molecular formula is C16H21NO3S. The number of rotatable bonds is 7. The van der Waals surface area contributed by atoms with E-state index in [9.17, 15) is 9.59 Å². The van der Waals surface area contributed by atoms with Gasteiger partial charge in [0.05, 0.1) is 0 Å². The number of hydrogen-bond donors (Lipinski definition) is 2. The van der Waals surface area contributed by atoms with Crippen molar-refractivity contribution in [3.05, 3.63) is 41.0 Å². The molecule has 21 heavy (non-hydrogen) atoms. The largest absolute Gasteiger partial charge is 0.478 e. The van der Waals surface area contributed by atoms with Gasteiger partial charge in [-0.1, -0.05) is 13.0 Å². The highest BCUT2D eigenvalue weighted by atomic mass is 32.2. The number of carboxylic acids is 1. The van der Waals surface area contributed by atoms with Gasteiger partial charge in [0.25, 0.3) is 5.91 Å². The molecular weight excluding hydrogens is 286 g/mol. The number of carbonyl (C=O) groups excluding carboxylic acids is 1. The summed E-state index contributed by atoms with van der Waals surface area (Å²) in [6.45, 7) is 5.94. The van der Waals surface area contributed by atoms with Crippen LogP contribution in [0, 0.1) is 6.92 Å². The molecule has 0 bridgehead atoms. The lowest BCUT2D eigenvalue weighted by Gasteiger charge is -2.13. The van der Waals surface area contributed by atoms with Gasteiger partial charge in [-0.05, 0) is 48.9 Å². The summed E-state index contributed by atoms with van der Waals surface area (Å²) in [6, 6.07) is 5.43. The van der Waals surface area contributed by atoms with Gasteiger partial charge in [0.2, 0.25) is 0 Å². The van der Waals surface area contributed by atoms with E-state index in [0.29, 0.717) is 11.1 Å². The van der Waals surface area contributed by atoms with Gasteiger partial charge >= 0.3 is 5.97 Å². The van der Waals surface area contributed by atoms with Crippen LogP contribution < -0.4 is 5.32 Å². The smallest absolute Gasteiger partial charge is 0.328 e. The maximum Gasteiger partial charge on any atom is 0.328 e. The third kappa shape index (κ3) is 6.49. The first-order valence-electron chi connectivity index (χ1n) is 6.83. The normalized spacial score (nSPS) is 12.3. The number of aryl methyl sites for hydroxylation is 1. The Morgan fingerprint density at radius 2 is 2.10 bits per heavy atom. The number of benzene rings is 1. The van der Waals surface area contributed by atoms with Crippen molar-refractivity contribution in [2.24, 2.45) is 0 Å². The fourth-order valence-corrected chi connectivity index (χ4v) is 2.52. The summed E-state index contributed by atoms with van der Waals surface area (Å²) in [5, 5.41) is 11.6. The Morgan fingerprint density at radius 3 is 2.71 bits per heavy atom. The van der Waals surface area contributed by atoms with Crippen LogP contribution in [0.15, 0.2) is 24.3 Å². The van der Waals surface area contributed by atoms with E-state index in [2.05, 4.69) is 12.2 Å². The van der Waals surface area contributed by atoms with Crippen LogP contribution in [0.5, 0.6) is 0 Å². The topological polar surface area (TPSA) is 66.4 Å². The molecule has 0 fully saturated rings. The predicted molar refractivity (Wildman–Crippen MR) is 87.8 cm³/mol. The first kappa shape index (κ1) is 17.3. The molecule has 0 aliphatic heterocycles. The Kier molecular flexibility index (Phi) is 7.02. The number of nitrogens with one attached hydrogen (secondary N) is 1. The Bertz CT molecular complexity index is 540. The number of thioether (sulfide) groups is 1. The number of carboxylic acid groups (broad SMARTS) is 1. The van der Waals surface area contributed by atoms with Crippen molar-refractivity contribution < 1.29 is 14.7 Å². The molecule has 4 nitrogen and oxygen atoms in total. The van der Waals surface area contributed by atoms with Crippen LogP contribution >= 0.6 is 11.8 Å². The third-order valence-electron chi connectivity index (χ3n) is 2.73. The molecule has 5 heteroatoms. The first-order chi connectivity index (χ1) is 9.92. The molecule has 2 N–H and O–H groups in total. The Balaban J connectivity index is 2.82. The predicted octanol–water partition coefficient (Wildman–Crippen LogP) is 2.96. The highest BCUT2D eigenvalue weighted by molar-refractivity contribution is 7.99. The van der Waals surface area contributed by atoms with Crippen LogP contribution in [0.25, 0.3) is 6.08 Å². The summed E-state index contributed by atoms with van der Waals surface area (Å²) in [5.74, 6) is 0.759. The van der Waals surface area contributed by atoms with Crippen molar-refractivity contribution in [2.75, 3.05) is 11.5 Å². The average molecular weight is 307 g/mol. The van der Waals surface area contributed by atoms with Crippen molar-refractivity contribution in [1.82, 2.24) is 5.32 Å². The summed E-state index contributed by atoms with van der Waals surface area (Å²) in [4.78, 5) is 22.8. The lowest BCUT2D eigenvalue weighted by molar-refractivity contribution is -0.131. The van der Waals surface area contributed by atoms with Gasteiger partial charge in [0.1, 0.15) is 0 Å². The van der Waals surface area contributed by atoms with Gasteiger partial charge in [-0.25, -0.2) is 4.79 Å². The van der Waals surface area contributed by atoms with E-state index < -0.39 is 5.97 Å². The van der Waals surface area contributed by atoms with Crippen molar-refractivity contribution >= 4 is 29.7 Å². The fraction of sp³-hybridized carbons (Fsp3) is 0.375. The third-order valence-corrected chi connectivity index (χ3v) is 3.87. The Morgan fingerprint density at radius 1 is 1.38 bits per heavy atom. The second kappa shape index (κ2) is 8.52. The SMILES string of the molecule is CCSCC(C)NC(=O)c1cc(C)cc(/C=C/C(=O)O)c1. The molecule has 0 aliphatic rings. The molecule has 1 unspecified atom stereocenters. The zero-order valence-corrected chi connectivity index (χ0v) is 13.4. The molecule has 1 aromatic carbocycles. The highest BCUT2D eigenvalue weighted by Crippen LogP contribution is 2.12.